The Kier molecular flexibility index (Phi) is 3.95. The van der Waals surface area contributed by atoms with Crippen LogP contribution < -0.4 is 0 Å². The zero-order valence-electron chi connectivity index (χ0n) is 12.9. The molecule has 24 heavy (non-hydrogen) atoms. The maximum atomic E-state index is 12.8. The van der Waals surface area contributed by atoms with E-state index in [2.05, 4.69) is 10.1 Å². The molecule has 0 radical (unpaired) electrons. The number of fused-ring (bicyclic) bond motifs is 2. The van der Waals surface area contributed by atoms with Crippen molar-refractivity contribution >= 4 is 17.2 Å². The van der Waals surface area contributed by atoms with Crippen LogP contribution in [-0.2, 0) is 17.8 Å². The fourth-order valence-corrected chi connectivity index (χ4v) is 4.02. The Bertz CT molecular complexity index is 766. The number of hydrogen-bond acceptors (Lipinski definition) is 3. The highest BCUT2D eigenvalue weighted by molar-refractivity contribution is 6.30. The van der Waals surface area contributed by atoms with Crippen LogP contribution in [0.4, 0.5) is 13.2 Å². The standard InChI is InChI=1S/C16H17ClF3N3O/c17-15-11-5-6-24-8-13(11)21-14-7-12(22-23(14)15)9-1-3-10(4-2-9)16(18,19)20/h7,9-10H,1-6,8H2. The lowest BCUT2D eigenvalue weighted by molar-refractivity contribution is -0.182. The lowest BCUT2D eigenvalue weighted by Crippen LogP contribution is -2.27. The molecule has 8 heteroatoms. The molecule has 1 aliphatic heterocycles. The third-order valence-electron chi connectivity index (χ3n) is 5.09. The van der Waals surface area contributed by atoms with E-state index in [9.17, 15) is 13.2 Å². The van der Waals surface area contributed by atoms with E-state index in [0.29, 0.717) is 43.3 Å². The molecule has 1 fully saturated rings. The number of ether oxygens (including phenoxy) is 1. The first kappa shape index (κ1) is 16.1. The molecule has 2 aliphatic rings. The van der Waals surface area contributed by atoms with E-state index in [1.807, 2.05) is 6.07 Å². The van der Waals surface area contributed by atoms with Gasteiger partial charge in [-0.1, -0.05) is 11.6 Å². The van der Waals surface area contributed by atoms with E-state index in [1.165, 1.54) is 0 Å². The third kappa shape index (κ3) is 2.77. The number of nitrogens with zero attached hydrogens (tertiary/aromatic N) is 3. The van der Waals surface area contributed by atoms with Gasteiger partial charge in [0.05, 0.1) is 30.5 Å². The monoisotopic (exact) mass is 359 g/mol. The van der Waals surface area contributed by atoms with Gasteiger partial charge < -0.3 is 4.74 Å². The van der Waals surface area contributed by atoms with E-state index >= 15 is 0 Å². The quantitative estimate of drug-likeness (QED) is 0.713. The van der Waals surface area contributed by atoms with E-state index in [4.69, 9.17) is 16.3 Å². The Morgan fingerprint density at radius 3 is 2.67 bits per heavy atom. The van der Waals surface area contributed by atoms with Gasteiger partial charge in [-0.2, -0.15) is 18.3 Å². The smallest absolute Gasteiger partial charge is 0.375 e. The molecule has 2 aromatic heterocycles. The first-order valence-electron chi connectivity index (χ1n) is 8.15. The van der Waals surface area contributed by atoms with Crippen LogP contribution in [0.3, 0.4) is 0 Å². The van der Waals surface area contributed by atoms with Gasteiger partial charge in [-0.05, 0) is 25.7 Å². The van der Waals surface area contributed by atoms with Crippen molar-refractivity contribution in [2.45, 2.75) is 50.8 Å². The van der Waals surface area contributed by atoms with E-state index < -0.39 is 12.1 Å². The molecule has 0 N–H and O–H groups in total. The van der Waals surface area contributed by atoms with Crippen molar-refractivity contribution in [3.8, 4) is 0 Å². The lowest BCUT2D eigenvalue weighted by atomic mass is 9.80. The van der Waals surface area contributed by atoms with Crippen molar-refractivity contribution in [2.75, 3.05) is 6.61 Å². The summed E-state index contributed by atoms with van der Waals surface area (Å²) in [5.74, 6) is -1.15. The Morgan fingerprint density at radius 2 is 1.96 bits per heavy atom. The molecular weight excluding hydrogens is 343 g/mol. The van der Waals surface area contributed by atoms with Gasteiger partial charge in [0.1, 0.15) is 5.15 Å². The molecule has 0 saturated heterocycles. The summed E-state index contributed by atoms with van der Waals surface area (Å²) in [5.41, 5.74) is 3.20. The summed E-state index contributed by atoms with van der Waals surface area (Å²) in [7, 11) is 0. The topological polar surface area (TPSA) is 39.4 Å². The second-order valence-corrected chi connectivity index (χ2v) is 6.92. The average molecular weight is 360 g/mol. The average Bonchev–Trinajstić information content (AvgIpc) is 2.99. The Balaban J connectivity index is 1.61. The third-order valence-corrected chi connectivity index (χ3v) is 5.47. The van der Waals surface area contributed by atoms with Gasteiger partial charge in [0.15, 0.2) is 5.65 Å². The van der Waals surface area contributed by atoms with Crippen LogP contribution in [0.25, 0.3) is 5.65 Å². The Labute approximate surface area is 142 Å². The zero-order chi connectivity index (χ0) is 16.9. The molecule has 1 aliphatic carbocycles. The van der Waals surface area contributed by atoms with Gasteiger partial charge in [-0.15, -0.1) is 0 Å². The summed E-state index contributed by atoms with van der Waals surface area (Å²) < 4.78 is 45.4. The molecule has 0 aromatic carbocycles. The lowest BCUT2D eigenvalue weighted by Gasteiger charge is -2.28. The van der Waals surface area contributed by atoms with Crippen LogP contribution in [0.1, 0.15) is 48.6 Å². The fourth-order valence-electron chi connectivity index (χ4n) is 3.69. The van der Waals surface area contributed by atoms with Gasteiger partial charge in [0.25, 0.3) is 0 Å². The molecule has 0 bridgehead atoms. The summed E-state index contributed by atoms with van der Waals surface area (Å²) in [5, 5.41) is 5.07. The van der Waals surface area contributed by atoms with Crippen LogP contribution in [-0.4, -0.2) is 27.4 Å². The number of halogens is 4. The second kappa shape index (κ2) is 5.88. The molecular formula is C16H17ClF3N3O. The molecule has 1 saturated carbocycles. The number of rotatable bonds is 1. The predicted octanol–water partition coefficient (Wildman–Crippen LogP) is 4.29. The van der Waals surface area contributed by atoms with Crippen molar-refractivity contribution in [2.24, 2.45) is 5.92 Å². The molecule has 4 rings (SSSR count). The van der Waals surface area contributed by atoms with Crippen LogP contribution in [0.15, 0.2) is 6.07 Å². The number of hydrogen-bond donors (Lipinski definition) is 0. The minimum absolute atomic E-state index is 0.0367. The predicted molar refractivity (Wildman–Crippen MR) is 82.1 cm³/mol. The Hall–Kier alpha value is -1.34. The molecule has 0 amide bonds. The van der Waals surface area contributed by atoms with Crippen LogP contribution in [0.2, 0.25) is 5.15 Å². The highest BCUT2D eigenvalue weighted by Crippen LogP contribution is 2.42. The fraction of sp³-hybridized carbons (Fsp3) is 0.625. The zero-order valence-corrected chi connectivity index (χ0v) is 13.7. The Morgan fingerprint density at radius 1 is 1.21 bits per heavy atom. The highest BCUT2D eigenvalue weighted by atomic mass is 35.5. The van der Waals surface area contributed by atoms with Gasteiger partial charge in [0.2, 0.25) is 0 Å². The molecule has 130 valence electrons. The molecule has 0 spiro atoms. The van der Waals surface area contributed by atoms with E-state index in [-0.39, 0.29) is 18.8 Å². The number of aromatic nitrogens is 3. The van der Waals surface area contributed by atoms with Gasteiger partial charge in [0, 0.05) is 24.0 Å². The number of alkyl halides is 3. The normalized spacial score (nSPS) is 25.0. The first-order chi connectivity index (χ1) is 11.4. The summed E-state index contributed by atoms with van der Waals surface area (Å²) in [6.45, 7) is 1.04. The molecule has 0 atom stereocenters. The summed E-state index contributed by atoms with van der Waals surface area (Å²) >= 11 is 6.45. The largest absolute Gasteiger partial charge is 0.391 e. The van der Waals surface area contributed by atoms with E-state index in [0.717, 1.165) is 17.0 Å². The van der Waals surface area contributed by atoms with Gasteiger partial charge in [-0.25, -0.2) is 9.50 Å². The minimum Gasteiger partial charge on any atom is -0.375 e. The van der Waals surface area contributed by atoms with Gasteiger partial charge in [-0.3, -0.25) is 0 Å². The molecule has 3 heterocycles. The van der Waals surface area contributed by atoms with Crippen LogP contribution >= 0.6 is 11.6 Å². The minimum atomic E-state index is -4.09. The molecule has 4 nitrogen and oxygen atoms in total. The van der Waals surface area contributed by atoms with Crippen molar-refractivity contribution in [1.82, 2.24) is 14.6 Å². The van der Waals surface area contributed by atoms with Crippen LogP contribution in [0, 0.1) is 5.92 Å². The maximum Gasteiger partial charge on any atom is 0.391 e. The SMILES string of the molecule is FC(F)(F)C1CCC(c2cc3nc4c(c(Cl)n3n2)CCOC4)CC1. The van der Waals surface area contributed by atoms with E-state index in [1.54, 1.807) is 4.52 Å². The summed E-state index contributed by atoms with van der Waals surface area (Å²) in [6, 6.07) is 1.85. The summed E-state index contributed by atoms with van der Waals surface area (Å²) in [6.07, 6.45) is -2.08. The van der Waals surface area contributed by atoms with Crippen molar-refractivity contribution < 1.29 is 17.9 Å². The van der Waals surface area contributed by atoms with Crippen LogP contribution in [0.5, 0.6) is 0 Å². The first-order valence-corrected chi connectivity index (χ1v) is 8.52. The van der Waals surface area contributed by atoms with Crippen molar-refractivity contribution in [3.05, 3.63) is 28.2 Å². The summed E-state index contributed by atoms with van der Waals surface area (Å²) in [4.78, 5) is 4.56. The van der Waals surface area contributed by atoms with Crippen molar-refractivity contribution in [1.29, 1.82) is 0 Å². The second-order valence-electron chi connectivity index (χ2n) is 6.56. The molecule has 0 unspecified atom stereocenters. The highest BCUT2D eigenvalue weighted by Gasteiger charge is 2.42. The van der Waals surface area contributed by atoms with Gasteiger partial charge >= 0.3 is 6.18 Å². The maximum absolute atomic E-state index is 12.8. The molecule has 2 aromatic rings. The van der Waals surface area contributed by atoms with Crippen molar-refractivity contribution in [3.63, 3.8) is 0 Å².